The van der Waals surface area contributed by atoms with Crippen molar-refractivity contribution in [2.75, 3.05) is 0 Å². The van der Waals surface area contributed by atoms with Crippen LogP contribution in [0, 0.1) is 13.8 Å². The zero-order valence-electron chi connectivity index (χ0n) is 12.7. The smallest absolute Gasteiger partial charge is 0.0904 e. The Labute approximate surface area is 137 Å². The number of rotatable bonds is 0. The van der Waals surface area contributed by atoms with Gasteiger partial charge in [-0.3, -0.25) is 0 Å². The van der Waals surface area contributed by atoms with Crippen molar-refractivity contribution < 1.29 is 0 Å². The molecule has 0 fully saturated rings. The number of benzene rings is 1. The Morgan fingerprint density at radius 2 is 1.18 bits per heavy atom. The van der Waals surface area contributed by atoms with Crippen molar-refractivity contribution in [3.8, 4) is 22.5 Å². The summed E-state index contributed by atoms with van der Waals surface area (Å²) in [4.78, 5) is 12.5. The van der Waals surface area contributed by atoms with Crippen LogP contribution in [0.4, 0.5) is 0 Å². The van der Waals surface area contributed by atoms with Crippen LogP contribution >= 0.6 is 22.7 Å². The lowest BCUT2D eigenvalue weighted by Gasteiger charge is -2.24. The first-order valence-electron chi connectivity index (χ1n) is 7.79. The number of nitrogens with zero attached hydrogens (tertiary/aromatic N) is 2. The molecule has 2 aliphatic carbocycles. The number of aryl methyl sites for hydroxylation is 4. The van der Waals surface area contributed by atoms with E-state index in [1.807, 2.05) is 22.7 Å². The third-order valence-electron chi connectivity index (χ3n) is 4.75. The summed E-state index contributed by atoms with van der Waals surface area (Å²) in [5.41, 5.74) is 8.30. The molecule has 0 bridgehead atoms. The maximum Gasteiger partial charge on any atom is 0.0904 e. The van der Waals surface area contributed by atoms with Gasteiger partial charge < -0.3 is 0 Å². The Morgan fingerprint density at radius 1 is 0.727 bits per heavy atom. The average molecular weight is 324 g/mol. The fraction of sp³-hybridized carbons (Fsp3) is 0.333. The van der Waals surface area contributed by atoms with Gasteiger partial charge in [-0.25, -0.2) is 9.97 Å². The quantitative estimate of drug-likeness (QED) is 0.596. The Bertz CT molecular complexity index is 842. The van der Waals surface area contributed by atoms with E-state index in [0.717, 1.165) is 25.7 Å². The summed E-state index contributed by atoms with van der Waals surface area (Å²) < 4.78 is 0. The third-order valence-corrected chi connectivity index (χ3v) is 6.82. The van der Waals surface area contributed by atoms with Crippen LogP contribution in [0.2, 0.25) is 0 Å². The van der Waals surface area contributed by atoms with Gasteiger partial charge in [0.1, 0.15) is 0 Å². The van der Waals surface area contributed by atoms with Crippen molar-refractivity contribution in [2.24, 2.45) is 0 Å². The summed E-state index contributed by atoms with van der Waals surface area (Å²) in [6, 6.07) is 4.57. The molecular formula is C18H16N2S2. The number of hydrogen-bond acceptors (Lipinski definition) is 4. The lowest BCUT2D eigenvalue weighted by molar-refractivity contribution is 0.884. The van der Waals surface area contributed by atoms with Crippen LogP contribution in [0.25, 0.3) is 22.5 Å². The summed E-state index contributed by atoms with van der Waals surface area (Å²) in [5.74, 6) is 0. The fourth-order valence-corrected chi connectivity index (χ4v) is 5.78. The first kappa shape index (κ1) is 13.0. The summed E-state index contributed by atoms with van der Waals surface area (Å²) in [7, 11) is 0. The van der Waals surface area contributed by atoms with E-state index in [0.29, 0.717) is 0 Å². The van der Waals surface area contributed by atoms with Crippen molar-refractivity contribution in [1.82, 2.24) is 9.97 Å². The van der Waals surface area contributed by atoms with E-state index < -0.39 is 0 Å². The molecule has 0 amide bonds. The van der Waals surface area contributed by atoms with Crippen molar-refractivity contribution >= 4 is 22.7 Å². The van der Waals surface area contributed by atoms with Crippen molar-refractivity contribution in [2.45, 2.75) is 39.5 Å². The molecule has 0 N–H and O–H groups in total. The number of fused-ring (bicyclic) bond motifs is 7. The van der Waals surface area contributed by atoms with Crippen LogP contribution in [0.1, 0.15) is 30.9 Å². The summed E-state index contributed by atoms with van der Waals surface area (Å²) >= 11 is 3.72. The minimum atomic E-state index is 1.15. The lowest BCUT2D eigenvalue weighted by Crippen LogP contribution is -2.11. The number of hydrogen-bond donors (Lipinski definition) is 0. The van der Waals surface area contributed by atoms with Crippen molar-refractivity contribution in [3.63, 3.8) is 0 Å². The molecule has 0 unspecified atom stereocenters. The molecular weight excluding hydrogens is 308 g/mol. The molecule has 0 saturated heterocycles. The first-order valence-corrected chi connectivity index (χ1v) is 9.42. The maximum absolute atomic E-state index is 4.79. The minimum absolute atomic E-state index is 1.15. The molecule has 3 aromatic rings. The predicted molar refractivity (Wildman–Crippen MR) is 92.9 cm³/mol. The Morgan fingerprint density at radius 3 is 1.64 bits per heavy atom. The highest BCUT2D eigenvalue weighted by molar-refractivity contribution is 7.12. The lowest BCUT2D eigenvalue weighted by atomic mass is 9.82. The minimum Gasteiger partial charge on any atom is -0.241 e. The van der Waals surface area contributed by atoms with Gasteiger partial charge in [-0.1, -0.05) is 12.1 Å². The van der Waals surface area contributed by atoms with E-state index in [9.17, 15) is 0 Å². The average Bonchev–Trinajstić information content (AvgIpc) is 3.07. The van der Waals surface area contributed by atoms with Crippen LogP contribution in [0.3, 0.4) is 0 Å². The zero-order valence-corrected chi connectivity index (χ0v) is 14.3. The number of aromatic nitrogens is 2. The van der Waals surface area contributed by atoms with Crippen molar-refractivity contribution in [1.29, 1.82) is 0 Å². The van der Waals surface area contributed by atoms with Gasteiger partial charge in [0.25, 0.3) is 0 Å². The van der Waals surface area contributed by atoms with Crippen LogP contribution in [-0.2, 0) is 25.7 Å². The van der Waals surface area contributed by atoms with Crippen LogP contribution in [0.5, 0.6) is 0 Å². The molecule has 4 heteroatoms. The molecule has 0 spiro atoms. The largest absolute Gasteiger partial charge is 0.241 e. The monoisotopic (exact) mass is 324 g/mol. The van der Waals surface area contributed by atoms with E-state index in [4.69, 9.17) is 9.97 Å². The summed E-state index contributed by atoms with van der Waals surface area (Å²) in [6.45, 7) is 4.23. The SMILES string of the molecule is Cc1nc2c(s1)CCc1c-2ccc2c1CCc1sc(C)nc1-2. The Hall–Kier alpha value is -1.52. The molecule has 22 heavy (non-hydrogen) atoms. The molecule has 0 atom stereocenters. The van der Waals surface area contributed by atoms with Crippen LogP contribution in [0.15, 0.2) is 12.1 Å². The Balaban J connectivity index is 1.76. The molecule has 0 aliphatic heterocycles. The van der Waals surface area contributed by atoms with E-state index in [1.165, 1.54) is 53.4 Å². The second kappa shape index (κ2) is 4.49. The van der Waals surface area contributed by atoms with Gasteiger partial charge in [0, 0.05) is 20.9 Å². The zero-order chi connectivity index (χ0) is 14.8. The second-order valence-corrected chi connectivity index (χ2v) is 8.70. The van der Waals surface area contributed by atoms with Gasteiger partial charge >= 0.3 is 0 Å². The van der Waals surface area contributed by atoms with Gasteiger partial charge in [0.05, 0.1) is 21.4 Å². The second-order valence-electron chi connectivity index (χ2n) is 6.13. The molecule has 2 heterocycles. The van der Waals surface area contributed by atoms with Crippen molar-refractivity contribution in [3.05, 3.63) is 43.0 Å². The van der Waals surface area contributed by atoms with Gasteiger partial charge in [-0.2, -0.15) is 0 Å². The van der Waals surface area contributed by atoms with Gasteiger partial charge in [0.15, 0.2) is 0 Å². The molecule has 1 aromatic carbocycles. The third kappa shape index (κ3) is 1.71. The molecule has 5 rings (SSSR count). The maximum atomic E-state index is 4.79. The highest BCUT2D eigenvalue weighted by Crippen LogP contribution is 2.44. The molecule has 110 valence electrons. The fourth-order valence-electron chi connectivity index (χ4n) is 3.88. The van der Waals surface area contributed by atoms with E-state index in [-0.39, 0.29) is 0 Å². The molecule has 2 aromatic heterocycles. The molecule has 0 saturated carbocycles. The van der Waals surface area contributed by atoms with E-state index in [1.54, 1.807) is 0 Å². The van der Waals surface area contributed by atoms with Gasteiger partial charge in [-0.05, 0) is 50.7 Å². The van der Waals surface area contributed by atoms with Gasteiger partial charge in [-0.15, -0.1) is 22.7 Å². The highest BCUT2D eigenvalue weighted by Gasteiger charge is 2.27. The topological polar surface area (TPSA) is 25.8 Å². The molecule has 2 nitrogen and oxygen atoms in total. The van der Waals surface area contributed by atoms with Crippen LogP contribution in [-0.4, -0.2) is 9.97 Å². The summed E-state index contributed by atoms with van der Waals surface area (Å²) in [6.07, 6.45) is 4.61. The highest BCUT2D eigenvalue weighted by atomic mass is 32.1. The van der Waals surface area contributed by atoms with E-state index >= 15 is 0 Å². The van der Waals surface area contributed by atoms with Crippen LogP contribution < -0.4 is 0 Å². The standard InChI is InChI=1S/C18H16N2S2/c1-9-19-17-13-3-4-14-12(11(13)5-7-15(17)21-9)6-8-16-18(14)20-10(2)22-16/h3-4H,5-8H2,1-2H3. The summed E-state index contributed by atoms with van der Waals surface area (Å²) in [5, 5.41) is 2.38. The van der Waals surface area contributed by atoms with E-state index in [2.05, 4.69) is 26.0 Å². The van der Waals surface area contributed by atoms with Gasteiger partial charge in [0.2, 0.25) is 0 Å². The molecule has 0 radical (unpaired) electrons. The number of thiazole rings is 2. The Kier molecular flexibility index (Phi) is 2.65. The predicted octanol–water partition coefficient (Wildman–Crippen LogP) is 4.75. The molecule has 2 aliphatic rings. The first-order chi connectivity index (χ1) is 10.7. The normalized spacial score (nSPS) is 15.0.